The van der Waals surface area contributed by atoms with Crippen LogP contribution in [0, 0.1) is 5.41 Å². The highest BCUT2D eigenvalue weighted by Crippen LogP contribution is 2.32. The van der Waals surface area contributed by atoms with Crippen molar-refractivity contribution in [2.45, 2.75) is 20.8 Å². The van der Waals surface area contributed by atoms with Crippen molar-refractivity contribution in [1.29, 1.82) is 0 Å². The van der Waals surface area contributed by atoms with Gasteiger partial charge in [0.05, 0.1) is 0 Å². The predicted molar refractivity (Wildman–Crippen MR) is 50.8 cm³/mol. The van der Waals surface area contributed by atoms with Crippen LogP contribution in [-0.2, 0) is 4.79 Å². The highest BCUT2D eigenvalue weighted by atomic mass is 16.1. The third kappa shape index (κ3) is 1.40. The van der Waals surface area contributed by atoms with Crippen LogP contribution in [0.1, 0.15) is 20.8 Å². The van der Waals surface area contributed by atoms with Gasteiger partial charge in [-0.2, -0.15) is 0 Å². The molecule has 1 aliphatic carbocycles. The molecular formula is C11H14O. The normalized spacial score (nSPS) is 28.6. The van der Waals surface area contributed by atoms with Gasteiger partial charge in [0.2, 0.25) is 0 Å². The van der Waals surface area contributed by atoms with Crippen LogP contribution in [0.3, 0.4) is 0 Å². The third-order valence-electron chi connectivity index (χ3n) is 2.41. The number of ketones is 1. The molecule has 0 spiro atoms. The largest absolute Gasteiger partial charge is 0.290 e. The average Bonchev–Trinajstić information content (AvgIpc) is 1.97. The maximum atomic E-state index is 11.1. The molecule has 0 radical (unpaired) electrons. The lowest BCUT2D eigenvalue weighted by molar-refractivity contribution is -0.111. The van der Waals surface area contributed by atoms with E-state index < -0.39 is 0 Å². The van der Waals surface area contributed by atoms with Crippen LogP contribution in [0.5, 0.6) is 0 Å². The van der Waals surface area contributed by atoms with Gasteiger partial charge in [-0.1, -0.05) is 24.3 Å². The quantitative estimate of drug-likeness (QED) is 0.542. The van der Waals surface area contributed by atoms with Gasteiger partial charge in [-0.15, -0.1) is 0 Å². The monoisotopic (exact) mass is 162 g/mol. The van der Waals surface area contributed by atoms with Gasteiger partial charge >= 0.3 is 0 Å². The molecule has 0 aromatic heterocycles. The van der Waals surface area contributed by atoms with Crippen LogP contribution in [-0.4, -0.2) is 5.78 Å². The fraction of sp³-hybridized carbons (Fsp3) is 0.364. The first-order valence-corrected chi connectivity index (χ1v) is 4.05. The van der Waals surface area contributed by atoms with E-state index in [4.69, 9.17) is 0 Å². The molecule has 0 aromatic rings. The molecule has 1 heteroatoms. The average molecular weight is 162 g/mol. The first kappa shape index (κ1) is 8.98. The Bertz CT molecular complexity index is 294. The van der Waals surface area contributed by atoms with Crippen LogP contribution in [0.2, 0.25) is 0 Å². The molecule has 1 unspecified atom stereocenters. The molecule has 64 valence electrons. The Morgan fingerprint density at radius 2 is 2.17 bits per heavy atom. The summed E-state index contributed by atoms with van der Waals surface area (Å²) in [6, 6.07) is 0. The number of rotatable bonds is 1. The van der Waals surface area contributed by atoms with Crippen LogP contribution in [0.15, 0.2) is 36.0 Å². The number of allylic oxidation sites excluding steroid dienone is 5. The molecule has 1 nitrogen and oxygen atoms in total. The van der Waals surface area contributed by atoms with Crippen molar-refractivity contribution in [1.82, 2.24) is 0 Å². The second-order valence-electron chi connectivity index (χ2n) is 3.59. The van der Waals surface area contributed by atoms with E-state index in [0.717, 1.165) is 11.1 Å². The van der Waals surface area contributed by atoms with Gasteiger partial charge in [-0.3, -0.25) is 4.79 Å². The zero-order valence-electron chi connectivity index (χ0n) is 7.85. The van der Waals surface area contributed by atoms with Crippen molar-refractivity contribution >= 4 is 5.78 Å². The van der Waals surface area contributed by atoms with E-state index in [1.807, 2.05) is 26.0 Å². The summed E-state index contributed by atoms with van der Waals surface area (Å²) < 4.78 is 0. The Hall–Kier alpha value is -1.11. The van der Waals surface area contributed by atoms with Crippen molar-refractivity contribution in [3.05, 3.63) is 36.0 Å². The lowest BCUT2D eigenvalue weighted by Gasteiger charge is -2.25. The number of carbonyl (C=O) groups is 1. The molecule has 0 aliphatic heterocycles. The Balaban J connectivity index is 3.07. The van der Waals surface area contributed by atoms with Crippen molar-refractivity contribution in [2.75, 3.05) is 0 Å². The van der Waals surface area contributed by atoms with E-state index in [9.17, 15) is 4.79 Å². The fourth-order valence-electron chi connectivity index (χ4n) is 1.21. The standard InChI is InChI=1S/C11H14O/c1-8(2)11(4)6-5-10(12)9(3)7-11/h5-7H,1H2,2-4H3. The van der Waals surface area contributed by atoms with Gasteiger partial charge in [0.15, 0.2) is 5.78 Å². The van der Waals surface area contributed by atoms with Crippen LogP contribution >= 0.6 is 0 Å². The van der Waals surface area contributed by atoms with Crippen LogP contribution in [0.25, 0.3) is 0 Å². The summed E-state index contributed by atoms with van der Waals surface area (Å²) in [4.78, 5) is 11.1. The maximum absolute atomic E-state index is 11.1. The highest BCUT2D eigenvalue weighted by molar-refractivity contribution is 6.04. The smallest absolute Gasteiger partial charge is 0.180 e. The highest BCUT2D eigenvalue weighted by Gasteiger charge is 2.23. The van der Waals surface area contributed by atoms with Gasteiger partial charge in [0, 0.05) is 5.41 Å². The second kappa shape index (κ2) is 2.74. The molecule has 1 atom stereocenters. The number of hydrogen-bond acceptors (Lipinski definition) is 1. The Morgan fingerprint density at radius 3 is 2.58 bits per heavy atom. The first-order valence-electron chi connectivity index (χ1n) is 4.05. The van der Waals surface area contributed by atoms with Crippen LogP contribution < -0.4 is 0 Å². The molecule has 0 aromatic carbocycles. The third-order valence-corrected chi connectivity index (χ3v) is 2.41. The summed E-state index contributed by atoms with van der Waals surface area (Å²) in [6.45, 7) is 9.78. The maximum Gasteiger partial charge on any atom is 0.180 e. The van der Waals surface area contributed by atoms with Gasteiger partial charge < -0.3 is 0 Å². The first-order chi connectivity index (χ1) is 5.46. The minimum Gasteiger partial charge on any atom is -0.290 e. The zero-order valence-corrected chi connectivity index (χ0v) is 7.85. The molecular weight excluding hydrogens is 148 g/mol. The summed E-state index contributed by atoms with van der Waals surface area (Å²) in [6.07, 6.45) is 5.51. The van der Waals surface area contributed by atoms with E-state index >= 15 is 0 Å². The van der Waals surface area contributed by atoms with Gasteiger partial charge in [-0.25, -0.2) is 0 Å². The molecule has 0 fully saturated rings. The lowest BCUT2D eigenvalue weighted by Crippen LogP contribution is -2.17. The zero-order chi connectivity index (χ0) is 9.35. The molecule has 0 N–H and O–H groups in total. The molecule has 1 rings (SSSR count). The van der Waals surface area contributed by atoms with Gasteiger partial charge in [0.1, 0.15) is 0 Å². The number of hydrogen-bond donors (Lipinski definition) is 0. The van der Waals surface area contributed by atoms with Gasteiger partial charge in [-0.05, 0) is 32.4 Å². The summed E-state index contributed by atoms with van der Waals surface area (Å²) in [5, 5.41) is 0. The SMILES string of the molecule is C=C(C)C1(C)C=CC(=O)C(C)=C1. The summed E-state index contributed by atoms with van der Waals surface area (Å²) in [7, 11) is 0. The molecule has 0 saturated carbocycles. The molecule has 0 heterocycles. The van der Waals surface area contributed by atoms with E-state index in [1.165, 1.54) is 0 Å². The lowest BCUT2D eigenvalue weighted by atomic mass is 9.78. The van der Waals surface area contributed by atoms with E-state index in [1.54, 1.807) is 6.08 Å². The Kier molecular flexibility index (Phi) is 2.05. The summed E-state index contributed by atoms with van der Waals surface area (Å²) in [5.41, 5.74) is 1.74. The summed E-state index contributed by atoms with van der Waals surface area (Å²) in [5.74, 6) is 0.105. The van der Waals surface area contributed by atoms with Crippen molar-refractivity contribution in [2.24, 2.45) is 5.41 Å². The van der Waals surface area contributed by atoms with E-state index in [0.29, 0.717) is 0 Å². The Labute approximate surface area is 73.5 Å². The molecule has 1 aliphatic rings. The van der Waals surface area contributed by atoms with E-state index in [-0.39, 0.29) is 11.2 Å². The van der Waals surface area contributed by atoms with Crippen molar-refractivity contribution < 1.29 is 4.79 Å². The molecule has 12 heavy (non-hydrogen) atoms. The molecule has 0 amide bonds. The number of carbonyl (C=O) groups excluding carboxylic acids is 1. The van der Waals surface area contributed by atoms with Crippen molar-refractivity contribution in [3.63, 3.8) is 0 Å². The fourth-order valence-corrected chi connectivity index (χ4v) is 1.21. The molecule has 0 saturated heterocycles. The minimum atomic E-state index is -0.127. The Morgan fingerprint density at radius 1 is 1.58 bits per heavy atom. The molecule has 0 bridgehead atoms. The van der Waals surface area contributed by atoms with E-state index in [2.05, 4.69) is 13.5 Å². The second-order valence-corrected chi connectivity index (χ2v) is 3.59. The van der Waals surface area contributed by atoms with Crippen molar-refractivity contribution in [3.8, 4) is 0 Å². The van der Waals surface area contributed by atoms with Gasteiger partial charge in [0.25, 0.3) is 0 Å². The van der Waals surface area contributed by atoms with Crippen LogP contribution in [0.4, 0.5) is 0 Å². The topological polar surface area (TPSA) is 17.1 Å². The summed E-state index contributed by atoms with van der Waals surface area (Å²) >= 11 is 0. The minimum absolute atomic E-state index is 0.105. The predicted octanol–water partition coefficient (Wildman–Crippen LogP) is 2.65.